The molecule has 1 aliphatic carbocycles. The van der Waals surface area contributed by atoms with Crippen molar-refractivity contribution in [3.8, 4) is 0 Å². The molecule has 0 atom stereocenters. The molecule has 21 heavy (non-hydrogen) atoms. The van der Waals surface area contributed by atoms with Crippen LogP contribution in [-0.2, 0) is 6.18 Å². The van der Waals surface area contributed by atoms with Crippen LogP contribution in [0.3, 0.4) is 0 Å². The van der Waals surface area contributed by atoms with E-state index >= 15 is 0 Å². The highest BCUT2D eigenvalue weighted by Crippen LogP contribution is 2.34. The minimum absolute atomic E-state index is 0.294. The fourth-order valence-electron chi connectivity index (χ4n) is 2.38. The van der Waals surface area contributed by atoms with E-state index in [1.165, 1.54) is 6.42 Å². The quantitative estimate of drug-likeness (QED) is 0.855. The molecule has 1 heterocycles. The van der Waals surface area contributed by atoms with E-state index in [9.17, 15) is 13.2 Å². The van der Waals surface area contributed by atoms with Crippen molar-refractivity contribution in [1.29, 1.82) is 0 Å². The second-order valence-corrected chi connectivity index (χ2v) is 5.70. The van der Waals surface area contributed by atoms with Crippen molar-refractivity contribution in [3.05, 3.63) is 17.7 Å². The average molecular weight is 301 g/mol. The molecule has 6 heteroatoms. The number of nitrogens with zero attached hydrogens (tertiary/aromatic N) is 2. The summed E-state index contributed by atoms with van der Waals surface area (Å²) in [5.41, 5.74) is -0.647. The third-order valence-electron chi connectivity index (χ3n) is 3.84. The van der Waals surface area contributed by atoms with Gasteiger partial charge in [-0.15, -0.1) is 0 Å². The van der Waals surface area contributed by atoms with E-state index in [0.717, 1.165) is 37.9 Å². The Morgan fingerprint density at radius 2 is 2.05 bits per heavy atom. The maximum atomic E-state index is 13.0. The minimum atomic E-state index is -4.35. The van der Waals surface area contributed by atoms with Crippen LogP contribution >= 0.6 is 0 Å². The molecule has 1 aromatic heterocycles. The predicted octanol–water partition coefficient (Wildman–Crippen LogP) is 4.16. The Morgan fingerprint density at radius 1 is 1.33 bits per heavy atom. The molecule has 1 saturated carbocycles. The first kappa shape index (κ1) is 15.9. The van der Waals surface area contributed by atoms with Crippen LogP contribution in [0.25, 0.3) is 0 Å². The molecular formula is C15H22F3N3. The molecule has 0 spiro atoms. The Morgan fingerprint density at radius 3 is 2.57 bits per heavy atom. The van der Waals surface area contributed by atoms with E-state index in [1.807, 2.05) is 18.9 Å². The molecule has 3 nitrogen and oxygen atoms in total. The average Bonchev–Trinajstić information content (AvgIpc) is 2.39. The van der Waals surface area contributed by atoms with Gasteiger partial charge in [-0.1, -0.05) is 13.3 Å². The molecule has 1 N–H and O–H groups in total. The molecule has 1 aromatic rings. The second-order valence-electron chi connectivity index (χ2n) is 5.70. The third kappa shape index (κ3) is 4.25. The highest BCUT2D eigenvalue weighted by molar-refractivity contribution is 5.51. The smallest absolute Gasteiger partial charge is 0.370 e. The van der Waals surface area contributed by atoms with Crippen LogP contribution in [0.4, 0.5) is 24.8 Å². The van der Waals surface area contributed by atoms with Gasteiger partial charge in [0.05, 0.1) is 5.56 Å². The fourth-order valence-corrected chi connectivity index (χ4v) is 2.38. The first-order valence-corrected chi connectivity index (χ1v) is 7.44. The van der Waals surface area contributed by atoms with Gasteiger partial charge >= 0.3 is 6.18 Å². The molecule has 0 aromatic carbocycles. The summed E-state index contributed by atoms with van der Waals surface area (Å²) in [6.45, 7) is 3.34. The van der Waals surface area contributed by atoms with Gasteiger partial charge in [-0.05, 0) is 37.3 Å². The van der Waals surface area contributed by atoms with Gasteiger partial charge in [0.25, 0.3) is 0 Å². The SMILES string of the molecule is CCCNc1cc(C(F)(F)F)cc(N(C)CC2CCC2)n1. The number of hydrogen-bond donors (Lipinski definition) is 1. The van der Waals surface area contributed by atoms with Gasteiger partial charge in [-0.2, -0.15) is 13.2 Å². The van der Waals surface area contributed by atoms with Gasteiger partial charge in [-0.25, -0.2) is 4.98 Å². The molecule has 1 fully saturated rings. The Kier molecular flexibility index (Phi) is 4.96. The summed E-state index contributed by atoms with van der Waals surface area (Å²) >= 11 is 0. The molecule has 0 bridgehead atoms. The highest BCUT2D eigenvalue weighted by Gasteiger charge is 2.32. The van der Waals surface area contributed by atoms with E-state index in [-0.39, 0.29) is 0 Å². The van der Waals surface area contributed by atoms with Gasteiger partial charge in [0.15, 0.2) is 0 Å². The lowest BCUT2D eigenvalue weighted by molar-refractivity contribution is -0.137. The maximum absolute atomic E-state index is 13.0. The predicted molar refractivity (Wildman–Crippen MR) is 78.6 cm³/mol. The molecule has 0 radical (unpaired) electrons. The lowest BCUT2D eigenvalue weighted by Gasteiger charge is -2.31. The van der Waals surface area contributed by atoms with E-state index in [0.29, 0.717) is 24.1 Å². The van der Waals surface area contributed by atoms with Crippen LogP contribution in [0, 0.1) is 5.92 Å². The van der Waals surface area contributed by atoms with Crippen LogP contribution in [0.2, 0.25) is 0 Å². The van der Waals surface area contributed by atoms with Crippen LogP contribution < -0.4 is 10.2 Å². The molecule has 0 saturated heterocycles. The van der Waals surface area contributed by atoms with E-state index < -0.39 is 11.7 Å². The fraction of sp³-hybridized carbons (Fsp3) is 0.667. The number of halogens is 3. The van der Waals surface area contributed by atoms with Gasteiger partial charge in [-0.3, -0.25) is 0 Å². The molecule has 118 valence electrons. The van der Waals surface area contributed by atoms with Crippen molar-refractivity contribution < 1.29 is 13.2 Å². The van der Waals surface area contributed by atoms with E-state index in [4.69, 9.17) is 0 Å². The first-order chi connectivity index (χ1) is 9.90. The van der Waals surface area contributed by atoms with Crippen molar-refractivity contribution in [1.82, 2.24) is 4.98 Å². The van der Waals surface area contributed by atoms with Crippen molar-refractivity contribution in [2.24, 2.45) is 5.92 Å². The number of anilines is 2. The van der Waals surface area contributed by atoms with Crippen LogP contribution in [0.1, 0.15) is 38.2 Å². The zero-order valence-electron chi connectivity index (χ0n) is 12.5. The Hall–Kier alpha value is -1.46. The van der Waals surface area contributed by atoms with Gasteiger partial charge in [0, 0.05) is 20.1 Å². The zero-order valence-corrected chi connectivity index (χ0v) is 12.5. The number of aromatic nitrogens is 1. The molecule has 0 aliphatic heterocycles. The summed E-state index contributed by atoms with van der Waals surface area (Å²) in [6.07, 6.45) is 0.0230. The summed E-state index contributed by atoms with van der Waals surface area (Å²) in [5, 5.41) is 2.95. The minimum Gasteiger partial charge on any atom is -0.370 e. The molecule has 2 rings (SSSR count). The number of alkyl halides is 3. The molecule has 0 unspecified atom stereocenters. The molecule has 0 amide bonds. The number of hydrogen-bond acceptors (Lipinski definition) is 3. The summed E-state index contributed by atoms with van der Waals surface area (Å²) in [7, 11) is 1.81. The van der Waals surface area contributed by atoms with Crippen molar-refractivity contribution >= 4 is 11.6 Å². The van der Waals surface area contributed by atoms with E-state index in [1.54, 1.807) is 0 Å². The first-order valence-electron chi connectivity index (χ1n) is 7.44. The Bertz CT molecular complexity index is 470. The summed E-state index contributed by atoms with van der Waals surface area (Å²) in [4.78, 5) is 6.14. The molecular weight excluding hydrogens is 279 g/mol. The third-order valence-corrected chi connectivity index (χ3v) is 3.84. The monoisotopic (exact) mass is 301 g/mol. The highest BCUT2D eigenvalue weighted by atomic mass is 19.4. The number of rotatable bonds is 6. The van der Waals surface area contributed by atoms with Crippen LogP contribution in [-0.4, -0.2) is 25.1 Å². The standard InChI is InChI=1S/C15H22F3N3/c1-3-7-19-13-8-12(15(16,17)18)9-14(20-13)21(2)10-11-5-4-6-11/h8-9,11H,3-7,10H2,1-2H3,(H,19,20). The van der Waals surface area contributed by atoms with Crippen molar-refractivity contribution in [2.75, 3.05) is 30.4 Å². The Balaban J connectivity index is 2.20. The van der Waals surface area contributed by atoms with Crippen LogP contribution in [0.15, 0.2) is 12.1 Å². The lowest BCUT2D eigenvalue weighted by Crippen LogP contribution is -2.30. The molecule has 1 aliphatic rings. The summed E-state index contributed by atoms with van der Waals surface area (Å²) < 4.78 is 39.0. The lowest BCUT2D eigenvalue weighted by atomic mass is 9.85. The normalized spacial score (nSPS) is 15.7. The van der Waals surface area contributed by atoms with Crippen molar-refractivity contribution in [2.45, 2.75) is 38.8 Å². The summed E-state index contributed by atoms with van der Waals surface area (Å²) in [6, 6.07) is 2.21. The van der Waals surface area contributed by atoms with E-state index in [2.05, 4.69) is 10.3 Å². The number of nitrogens with one attached hydrogen (secondary N) is 1. The topological polar surface area (TPSA) is 28.2 Å². The Labute approximate surface area is 123 Å². The number of pyridine rings is 1. The van der Waals surface area contributed by atoms with Crippen molar-refractivity contribution in [3.63, 3.8) is 0 Å². The largest absolute Gasteiger partial charge is 0.416 e. The zero-order chi connectivity index (χ0) is 15.5. The van der Waals surface area contributed by atoms with Gasteiger partial charge in [0.2, 0.25) is 0 Å². The summed E-state index contributed by atoms with van der Waals surface area (Å²) in [5.74, 6) is 1.26. The maximum Gasteiger partial charge on any atom is 0.416 e. The van der Waals surface area contributed by atoms with Gasteiger partial charge in [0.1, 0.15) is 11.6 Å². The van der Waals surface area contributed by atoms with Crippen LogP contribution in [0.5, 0.6) is 0 Å². The van der Waals surface area contributed by atoms with Gasteiger partial charge < -0.3 is 10.2 Å². The second kappa shape index (κ2) is 6.54.